The monoisotopic (exact) mass is 232 g/mol. The molecule has 3 rings (SSSR count). The van der Waals surface area contributed by atoms with Crippen molar-refractivity contribution in [3.8, 4) is 11.5 Å². The fraction of sp³-hybridized carbons (Fsp3) is 0.500. The molecule has 1 aliphatic heterocycles. The van der Waals surface area contributed by atoms with Crippen LogP contribution < -0.4 is 9.47 Å². The average molecular weight is 232 g/mol. The molecule has 2 bridgehead atoms. The number of Topliss-reactive ketones (excluding diaryl/α,β-unsaturated/α-hetero) is 1. The number of methoxy groups -OCH3 is 1. The van der Waals surface area contributed by atoms with Gasteiger partial charge in [-0.15, -0.1) is 0 Å². The third-order valence-electron chi connectivity index (χ3n) is 4.10. The molecule has 0 N–H and O–H groups in total. The van der Waals surface area contributed by atoms with Crippen LogP contribution in [0.25, 0.3) is 0 Å². The summed E-state index contributed by atoms with van der Waals surface area (Å²) < 4.78 is 11.1. The molecular formula is C14H16O3. The minimum absolute atomic E-state index is 0.218. The Morgan fingerprint density at radius 2 is 2.24 bits per heavy atom. The van der Waals surface area contributed by atoms with E-state index in [4.69, 9.17) is 9.47 Å². The number of aryl methyl sites for hydroxylation is 1. The number of ether oxygens (including phenoxy) is 2. The molecule has 0 saturated heterocycles. The molecule has 1 aliphatic carbocycles. The Morgan fingerprint density at radius 3 is 2.94 bits per heavy atom. The van der Waals surface area contributed by atoms with Gasteiger partial charge in [-0.2, -0.15) is 0 Å². The molecule has 17 heavy (non-hydrogen) atoms. The molecule has 90 valence electrons. The van der Waals surface area contributed by atoms with Gasteiger partial charge in [-0.3, -0.25) is 4.79 Å². The van der Waals surface area contributed by atoms with Gasteiger partial charge in [0.2, 0.25) is 0 Å². The van der Waals surface area contributed by atoms with E-state index >= 15 is 0 Å². The molecule has 1 fully saturated rings. The quantitative estimate of drug-likeness (QED) is 0.745. The first-order valence-corrected chi connectivity index (χ1v) is 5.96. The molecule has 0 radical (unpaired) electrons. The Labute approximate surface area is 101 Å². The van der Waals surface area contributed by atoms with Crippen molar-refractivity contribution in [2.75, 3.05) is 7.11 Å². The zero-order valence-corrected chi connectivity index (χ0v) is 10.4. The van der Waals surface area contributed by atoms with Gasteiger partial charge >= 0.3 is 0 Å². The summed E-state index contributed by atoms with van der Waals surface area (Å²) >= 11 is 0. The fourth-order valence-corrected chi connectivity index (χ4v) is 2.97. The number of ketones is 1. The number of fused-ring (bicyclic) bond motifs is 4. The van der Waals surface area contributed by atoms with Gasteiger partial charge in [0.15, 0.2) is 11.9 Å². The van der Waals surface area contributed by atoms with Crippen LogP contribution in [0.4, 0.5) is 0 Å². The van der Waals surface area contributed by atoms with Crippen LogP contribution in [0, 0.1) is 6.92 Å². The van der Waals surface area contributed by atoms with Crippen molar-refractivity contribution in [1.29, 1.82) is 0 Å². The van der Waals surface area contributed by atoms with Crippen molar-refractivity contribution in [2.24, 2.45) is 0 Å². The summed E-state index contributed by atoms with van der Waals surface area (Å²) in [6, 6.07) is 3.95. The van der Waals surface area contributed by atoms with Crippen molar-refractivity contribution >= 4 is 5.78 Å². The van der Waals surface area contributed by atoms with E-state index < -0.39 is 0 Å². The van der Waals surface area contributed by atoms with E-state index in [1.165, 1.54) is 0 Å². The summed E-state index contributed by atoms with van der Waals surface area (Å²) in [4.78, 5) is 12.2. The second-order valence-corrected chi connectivity index (χ2v) is 5.16. The Morgan fingerprint density at radius 1 is 1.47 bits per heavy atom. The Balaban J connectivity index is 2.22. The van der Waals surface area contributed by atoms with Crippen LogP contribution in [-0.2, 0) is 10.2 Å². The Kier molecular flexibility index (Phi) is 2.03. The standard InChI is InChI=1S/C14H16O3/c1-8-6-12-9(7-11(8)16-3)14(2)5-4-10(17-12)13(14)15/h6-7,10H,4-5H2,1-3H3/t10-,14-/m0/s1. The number of carbonyl (C=O) groups is 1. The first-order valence-electron chi connectivity index (χ1n) is 5.96. The number of rotatable bonds is 1. The maximum Gasteiger partial charge on any atom is 0.183 e. The van der Waals surface area contributed by atoms with Crippen LogP contribution in [0.1, 0.15) is 30.9 Å². The van der Waals surface area contributed by atoms with Gasteiger partial charge in [-0.05, 0) is 44.4 Å². The topological polar surface area (TPSA) is 35.5 Å². The summed E-state index contributed by atoms with van der Waals surface area (Å²) in [5.41, 5.74) is 1.65. The van der Waals surface area contributed by atoms with E-state index in [0.29, 0.717) is 0 Å². The highest BCUT2D eigenvalue weighted by Gasteiger charge is 2.51. The van der Waals surface area contributed by atoms with E-state index in [1.807, 2.05) is 26.0 Å². The molecule has 0 unspecified atom stereocenters. The van der Waals surface area contributed by atoms with Crippen LogP contribution in [0.15, 0.2) is 12.1 Å². The van der Waals surface area contributed by atoms with E-state index in [-0.39, 0.29) is 17.3 Å². The number of carbonyl (C=O) groups excluding carboxylic acids is 1. The average Bonchev–Trinajstić information content (AvgIpc) is 2.51. The highest BCUT2D eigenvalue weighted by atomic mass is 16.5. The van der Waals surface area contributed by atoms with Gasteiger partial charge in [-0.1, -0.05) is 0 Å². The summed E-state index contributed by atoms with van der Waals surface area (Å²) in [5, 5.41) is 0. The predicted octanol–water partition coefficient (Wildman–Crippen LogP) is 2.39. The molecule has 2 atom stereocenters. The molecule has 0 aromatic heterocycles. The third-order valence-corrected chi connectivity index (χ3v) is 4.10. The molecule has 1 heterocycles. The first-order chi connectivity index (χ1) is 8.06. The molecule has 0 amide bonds. The number of benzene rings is 1. The lowest BCUT2D eigenvalue weighted by molar-refractivity contribution is -0.128. The van der Waals surface area contributed by atoms with Gasteiger partial charge in [0.05, 0.1) is 12.5 Å². The summed E-state index contributed by atoms with van der Waals surface area (Å²) in [7, 11) is 1.65. The predicted molar refractivity (Wildman–Crippen MR) is 63.7 cm³/mol. The molecule has 3 nitrogen and oxygen atoms in total. The lowest BCUT2D eigenvalue weighted by Gasteiger charge is -2.31. The number of hydrogen-bond acceptors (Lipinski definition) is 3. The lowest BCUT2D eigenvalue weighted by atomic mass is 9.78. The molecule has 0 spiro atoms. The van der Waals surface area contributed by atoms with E-state index in [9.17, 15) is 4.79 Å². The zero-order valence-electron chi connectivity index (χ0n) is 10.4. The van der Waals surface area contributed by atoms with E-state index in [0.717, 1.165) is 35.5 Å². The van der Waals surface area contributed by atoms with Crippen molar-refractivity contribution in [2.45, 2.75) is 38.2 Å². The van der Waals surface area contributed by atoms with Crippen LogP contribution >= 0.6 is 0 Å². The molecule has 1 saturated carbocycles. The lowest BCUT2D eigenvalue weighted by Crippen LogP contribution is -2.39. The summed E-state index contributed by atoms with van der Waals surface area (Å²) in [5.74, 6) is 1.90. The molecule has 3 heteroatoms. The van der Waals surface area contributed by atoms with Crippen molar-refractivity contribution in [1.82, 2.24) is 0 Å². The highest BCUT2D eigenvalue weighted by molar-refractivity contribution is 5.98. The van der Waals surface area contributed by atoms with Gasteiger partial charge in [0.1, 0.15) is 11.5 Å². The second kappa shape index (κ2) is 3.25. The van der Waals surface area contributed by atoms with Crippen molar-refractivity contribution in [3.05, 3.63) is 23.3 Å². The largest absolute Gasteiger partial charge is 0.496 e. The summed E-state index contributed by atoms with van der Waals surface area (Å²) in [6.45, 7) is 4.01. The number of hydrogen-bond donors (Lipinski definition) is 0. The van der Waals surface area contributed by atoms with E-state index in [1.54, 1.807) is 7.11 Å². The van der Waals surface area contributed by atoms with Crippen LogP contribution in [0.5, 0.6) is 11.5 Å². The third kappa shape index (κ3) is 1.25. The SMILES string of the molecule is COc1cc2c(cc1C)O[C@H]1CC[C@]2(C)C1=O. The van der Waals surface area contributed by atoms with Gasteiger partial charge < -0.3 is 9.47 Å². The first kappa shape index (κ1) is 10.6. The molecular weight excluding hydrogens is 216 g/mol. The van der Waals surface area contributed by atoms with Crippen LogP contribution in [-0.4, -0.2) is 19.0 Å². The molecule has 2 aliphatic rings. The maximum atomic E-state index is 12.2. The Hall–Kier alpha value is -1.51. The van der Waals surface area contributed by atoms with Crippen molar-refractivity contribution in [3.63, 3.8) is 0 Å². The second-order valence-electron chi connectivity index (χ2n) is 5.16. The molecule has 1 aromatic carbocycles. The zero-order chi connectivity index (χ0) is 12.2. The minimum Gasteiger partial charge on any atom is -0.496 e. The van der Waals surface area contributed by atoms with Gasteiger partial charge in [-0.25, -0.2) is 0 Å². The normalized spacial score (nSPS) is 29.8. The summed E-state index contributed by atoms with van der Waals surface area (Å²) in [6.07, 6.45) is 1.46. The van der Waals surface area contributed by atoms with Crippen molar-refractivity contribution < 1.29 is 14.3 Å². The van der Waals surface area contributed by atoms with Crippen LogP contribution in [0.3, 0.4) is 0 Å². The fourth-order valence-electron chi connectivity index (χ4n) is 2.97. The van der Waals surface area contributed by atoms with E-state index in [2.05, 4.69) is 0 Å². The van der Waals surface area contributed by atoms with Gasteiger partial charge in [0, 0.05) is 5.56 Å². The Bertz CT molecular complexity index is 506. The maximum absolute atomic E-state index is 12.2. The molecule has 1 aromatic rings. The van der Waals surface area contributed by atoms with Crippen LogP contribution in [0.2, 0.25) is 0 Å². The highest BCUT2D eigenvalue weighted by Crippen LogP contribution is 2.49. The smallest absolute Gasteiger partial charge is 0.183 e. The minimum atomic E-state index is -0.376. The van der Waals surface area contributed by atoms with Gasteiger partial charge in [0.25, 0.3) is 0 Å².